The highest BCUT2D eigenvalue weighted by Gasteiger charge is 2.34. The van der Waals surface area contributed by atoms with Crippen molar-refractivity contribution in [2.24, 2.45) is 0 Å². The van der Waals surface area contributed by atoms with Gasteiger partial charge in [-0.25, -0.2) is 0 Å². The van der Waals surface area contributed by atoms with E-state index >= 15 is 0 Å². The van der Waals surface area contributed by atoms with Crippen molar-refractivity contribution in [2.75, 3.05) is 19.6 Å². The summed E-state index contributed by atoms with van der Waals surface area (Å²) in [5.41, 5.74) is 1.79. The lowest BCUT2D eigenvalue weighted by Crippen LogP contribution is -2.45. The van der Waals surface area contributed by atoms with Crippen LogP contribution in [0.1, 0.15) is 80.8 Å². The Morgan fingerprint density at radius 1 is 0.909 bits per heavy atom. The molecule has 4 rings (SSSR count). The van der Waals surface area contributed by atoms with Crippen LogP contribution in [-0.4, -0.2) is 48.6 Å². The number of piperidine rings is 1. The molecule has 0 bridgehead atoms. The minimum Gasteiger partial charge on any atom is -0.463 e. The van der Waals surface area contributed by atoms with Gasteiger partial charge >= 0.3 is 12.1 Å². The summed E-state index contributed by atoms with van der Waals surface area (Å²) in [6.45, 7) is 8.50. The molecule has 1 unspecified atom stereocenters. The van der Waals surface area contributed by atoms with Gasteiger partial charge in [0.2, 0.25) is 0 Å². The van der Waals surface area contributed by atoms with E-state index in [1.807, 2.05) is 32.0 Å². The Bertz CT molecular complexity index is 1370. The molecule has 0 spiro atoms. The molecule has 1 atom stereocenters. The molecule has 3 aromatic rings. The number of benzene rings is 3. The Morgan fingerprint density at radius 2 is 1.55 bits per heavy atom. The average Bonchev–Trinajstić information content (AvgIpc) is 3.01. The van der Waals surface area contributed by atoms with Gasteiger partial charge in [0.1, 0.15) is 0 Å². The van der Waals surface area contributed by atoms with Crippen molar-refractivity contribution in [3.05, 3.63) is 95.6 Å². The first-order valence-electron chi connectivity index (χ1n) is 15.6. The van der Waals surface area contributed by atoms with Gasteiger partial charge in [-0.2, -0.15) is 13.2 Å². The lowest BCUT2D eigenvalue weighted by atomic mass is 9.72. The van der Waals surface area contributed by atoms with Crippen molar-refractivity contribution in [1.29, 1.82) is 0 Å². The summed E-state index contributed by atoms with van der Waals surface area (Å²) in [4.78, 5) is 28.4. The molecule has 1 amide bonds. The number of carbonyl (C=O) groups excluding carboxylic acids is 2. The molecule has 1 heterocycles. The summed E-state index contributed by atoms with van der Waals surface area (Å²) in [5.74, 6) is -0.384. The zero-order chi connectivity index (χ0) is 31.7. The van der Waals surface area contributed by atoms with Crippen molar-refractivity contribution in [2.45, 2.75) is 83.0 Å². The van der Waals surface area contributed by atoms with E-state index in [1.165, 1.54) is 17.7 Å². The zero-order valence-corrected chi connectivity index (χ0v) is 25.8. The van der Waals surface area contributed by atoms with Crippen LogP contribution < -0.4 is 5.32 Å². The molecule has 1 fully saturated rings. The maximum atomic E-state index is 13.3. The normalized spacial score (nSPS) is 16.0. The van der Waals surface area contributed by atoms with Crippen molar-refractivity contribution in [3.63, 3.8) is 0 Å². The topological polar surface area (TPSA) is 58.6 Å². The summed E-state index contributed by atoms with van der Waals surface area (Å²) in [6.07, 6.45) is 0.0759. The van der Waals surface area contributed by atoms with Crippen molar-refractivity contribution >= 4 is 11.9 Å². The maximum Gasteiger partial charge on any atom is 0.416 e. The van der Waals surface area contributed by atoms with Crippen molar-refractivity contribution in [3.8, 4) is 11.1 Å². The monoisotopic (exact) mass is 608 g/mol. The SMILES string of the molecule is CCC(CCCN1CCC(NC(=O)c2ccccc2-c2ccc(C(F)(F)F)cc2)CC1)(CC(=O)OC(C)C)c1ccccc1. The van der Waals surface area contributed by atoms with Crippen LogP contribution in [0.25, 0.3) is 11.1 Å². The first-order valence-corrected chi connectivity index (χ1v) is 15.6. The number of likely N-dealkylation sites (tertiary alicyclic amines) is 1. The number of hydrogen-bond acceptors (Lipinski definition) is 4. The number of nitrogens with zero attached hydrogens (tertiary/aromatic N) is 1. The summed E-state index contributed by atoms with van der Waals surface area (Å²) < 4.78 is 44.6. The number of halogens is 3. The van der Waals surface area contributed by atoms with E-state index in [2.05, 4.69) is 29.3 Å². The van der Waals surface area contributed by atoms with Gasteiger partial charge < -0.3 is 15.0 Å². The number of alkyl halides is 3. The summed E-state index contributed by atoms with van der Waals surface area (Å²) >= 11 is 0. The molecule has 1 aliphatic rings. The highest BCUT2D eigenvalue weighted by Crippen LogP contribution is 2.37. The number of carbonyl (C=O) groups is 2. The smallest absolute Gasteiger partial charge is 0.416 e. The van der Waals surface area contributed by atoms with Crippen LogP contribution in [0.5, 0.6) is 0 Å². The molecule has 5 nitrogen and oxygen atoms in total. The third-order valence-electron chi connectivity index (χ3n) is 8.66. The lowest BCUT2D eigenvalue weighted by molar-refractivity contribution is -0.149. The van der Waals surface area contributed by atoms with Crippen LogP contribution in [0.4, 0.5) is 13.2 Å². The molecule has 1 N–H and O–H groups in total. The predicted octanol–water partition coefficient (Wildman–Crippen LogP) is 8.04. The molecule has 0 aliphatic carbocycles. The molecule has 3 aromatic carbocycles. The van der Waals surface area contributed by atoms with Gasteiger partial charge in [0, 0.05) is 30.1 Å². The molecular weight excluding hydrogens is 565 g/mol. The van der Waals surface area contributed by atoms with E-state index in [0.717, 1.165) is 63.9 Å². The van der Waals surface area contributed by atoms with Crippen LogP contribution in [-0.2, 0) is 21.1 Å². The van der Waals surface area contributed by atoms with E-state index < -0.39 is 11.7 Å². The molecule has 1 saturated heterocycles. The van der Waals surface area contributed by atoms with Gasteiger partial charge in [-0.15, -0.1) is 0 Å². The van der Waals surface area contributed by atoms with Crippen LogP contribution >= 0.6 is 0 Å². The van der Waals surface area contributed by atoms with Crippen molar-refractivity contribution in [1.82, 2.24) is 10.2 Å². The maximum absolute atomic E-state index is 13.3. The van der Waals surface area contributed by atoms with Gasteiger partial charge in [0.05, 0.1) is 18.1 Å². The van der Waals surface area contributed by atoms with Gasteiger partial charge in [-0.3, -0.25) is 9.59 Å². The average molecular weight is 609 g/mol. The van der Waals surface area contributed by atoms with Gasteiger partial charge in [0.25, 0.3) is 5.91 Å². The number of rotatable bonds is 12. The Labute approximate surface area is 258 Å². The van der Waals surface area contributed by atoms with Crippen LogP contribution in [0, 0.1) is 0 Å². The van der Waals surface area contributed by atoms with E-state index in [0.29, 0.717) is 23.1 Å². The third kappa shape index (κ3) is 8.72. The number of amides is 1. The first kappa shape index (κ1) is 33.2. The second-order valence-corrected chi connectivity index (χ2v) is 12.0. The highest BCUT2D eigenvalue weighted by atomic mass is 19.4. The van der Waals surface area contributed by atoms with Crippen LogP contribution in [0.3, 0.4) is 0 Å². The minimum absolute atomic E-state index is 0.0178. The second-order valence-electron chi connectivity index (χ2n) is 12.0. The van der Waals surface area contributed by atoms with Crippen LogP contribution in [0.2, 0.25) is 0 Å². The molecule has 44 heavy (non-hydrogen) atoms. The van der Waals surface area contributed by atoms with Gasteiger partial charge in [-0.1, -0.05) is 67.6 Å². The molecule has 8 heteroatoms. The number of hydrogen-bond donors (Lipinski definition) is 1. The lowest BCUT2D eigenvalue weighted by Gasteiger charge is -2.36. The summed E-state index contributed by atoms with van der Waals surface area (Å²) in [6, 6.07) is 22.2. The molecule has 0 radical (unpaired) electrons. The van der Waals surface area contributed by atoms with E-state index in [4.69, 9.17) is 4.74 Å². The predicted molar refractivity (Wildman–Crippen MR) is 167 cm³/mol. The molecule has 236 valence electrons. The van der Waals surface area contributed by atoms with Crippen molar-refractivity contribution < 1.29 is 27.5 Å². The van der Waals surface area contributed by atoms with E-state index in [9.17, 15) is 22.8 Å². The number of esters is 1. The van der Waals surface area contributed by atoms with E-state index in [-0.39, 0.29) is 29.4 Å². The van der Waals surface area contributed by atoms with Crippen LogP contribution in [0.15, 0.2) is 78.9 Å². The summed E-state index contributed by atoms with van der Waals surface area (Å²) in [7, 11) is 0. The van der Waals surface area contributed by atoms with E-state index in [1.54, 1.807) is 24.3 Å². The fourth-order valence-corrected chi connectivity index (χ4v) is 6.19. The molecule has 1 aliphatic heterocycles. The molecule has 0 aromatic heterocycles. The second kappa shape index (κ2) is 14.9. The Balaban J connectivity index is 1.32. The fourth-order valence-electron chi connectivity index (χ4n) is 6.19. The highest BCUT2D eigenvalue weighted by molar-refractivity contribution is 6.01. The molecular formula is C36H43F3N2O3. The standard InChI is InChI=1S/C36H43F3N2O3/c1-4-35(25-33(42)44-26(2)3,28-11-6-5-7-12-28)21-10-22-41-23-19-30(20-24-41)40-34(43)32-14-9-8-13-31(32)27-15-17-29(18-16-27)36(37,38)39/h5-9,11-18,26,30H,4,10,19-25H2,1-3H3,(H,40,43). The largest absolute Gasteiger partial charge is 0.463 e. The number of nitrogens with one attached hydrogen (secondary N) is 1. The third-order valence-corrected chi connectivity index (χ3v) is 8.66. The summed E-state index contributed by atoms with van der Waals surface area (Å²) in [5, 5.41) is 3.15. The van der Waals surface area contributed by atoms with Gasteiger partial charge in [-0.05, 0) is 87.4 Å². The fraction of sp³-hybridized carbons (Fsp3) is 0.444. The Morgan fingerprint density at radius 3 is 2.16 bits per heavy atom. The zero-order valence-electron chi connectivity index (χ0n) is 25.8. The Kier molecular flexibility index (Phi) is 11.2. The quantitative estimate of drug-likeness (QED) is 0.212. The molecule has 0 saturated carbocycles. The Hall–Kier alpha value is -3.65. The minimum atomic E-state index is -4.41. The number of ether oxygens (including phenoxy) is 1. The van der Waals surface area contributed by atoms with Gasteiger partial charge in [0.15, 0.2) is 0 Å². The first-order chi connectivity index (χ1) is 21.0.